The zero-order valence-electron chi connectivity index (χ0n) is 13.6. The number of carbonyl (C=O) groups excluding carboxylic acids is 1. The van der Waals surface area contributed by atoms with Gasteiger partial charge in [0.25, 0.3) is 5.91 Å². The summed E-state index contributed by atoms with van der Waals surface area (Å²) in [6, 6.07) is 1.53. The van der Waals surface area contributed by atoms with Crippen LogP contribution in [-0.4, -0.2) is 22.9 Å². The Bertz CT molecular complexity index is 643. The van der Waals surface area contributed by atoms with Crippen molar-refractivity contribution >= 4 is 5.91 Å². The number of aromatic nitrogens is 1. The van der Waals surface area contributed by atoms with E-state index in [0.29, 0.717) is 13.0 Å². The van der Waals surface area contributed by atoms with Crippen molar-refractivity contribution in [2.75, 3.05) is 0 Å². The van der Waals surface area contributed by atoms with Crippen LogP contribution in [0.4, 0.5) is 8.78 Å². The number of pyridine rings is 1. The van der Waals surface area contributed by atoms with E-state index in [-0.39, 0.29) is 30.0 Å². The van der Waals surface area contributed by atoms with Crippen LogP contribution in [0.3, 0.4) is 0 Å². The van der Waals surface area contributed by atoms with Crippen molar-refractivity contribution < 1.29 is 13.6 Å². The van der Waals surface area contributed by atoms with Gasteiger partial charge in [0.15, 0.2) is 0 Å². The number of nitrogens with zero attached hydrogens (tertiary/aromatic N) is 1. The van der Waals surface area contributed by atoms with Gasteiger partial charge in [0.1, 0.15) is 5.69 Å². The molecule has 6 heteroatoms. The van der Waals surface area contributed by atoms with Gasteiger partial charge >= 0.3 is 0 Å². The van der Waals surface area contributed by atoms with E-state index in [0.717, 1.165) is 29.7 Å². The Morgan fingerprint density at radius 2 is 2.17 bits per heavy atom. The maximum absolute atomic E-state index is 13.3. The quantitative estimate of drug-likeness (QED) is 0.895. The first kappa shape index (κ1) is 16.3. The highest BCUT2D eigenvalue weighted by molar-refractivity contribution is 5.91. The molecule has 1 aromatic heterocycles. The minimum Gasteiger partial charge on any atom is -0.364 e. The molecule has 1 saturated carbocycles. The van der Waals surface area contributed by atoms with Gasteiger partial charge in [-0.15, -0.1) is 0 Å². The zero-order chi connectivity index (χ0) is 16.8. The Hall–Kier alpha value is -1.56. The summed E-state index contributed by atoms with van der Waals surface area (Å²) in [6.07, 6.45) is 2.17. The standard InChI is InChI=1S/C17H23F2N3O/c1-16(2)5-4-12-10(7-13(15(20)23)22-14(12)16)9-21-11-3-6-17(18,19)8-11/h7,11,21H,3-6,8-9H2,1-2H3,(H2,20,23)/t11-/m1/s1. The fourth-order valence-corrected chi connectivity index (χ4v) is 3.68. The van der Waals surface area contributed by atoms with Crippen molar-refractivity contribution in [1.82, 2.24) is 10.3 Å². The average molecular weight is 323 g/mol. The fourth-order valence-electron chi connectivity index (χ4n) is 3.68. The topological polar surface area (TPSA) is 68.0 Å². The third-order valence-electron chi connectivity index (χ3n) is 5.09. The summed E-state index contributed by atoms with van der Waals surface area (Å²) >= 11 is 0. The van der Waals surface area contributed by atoms with E-state index >= 15 is 0 Å². The highest BCUT2D eigenvalue weighted by Crippen LogP contribution is 2.39. The van der Waals surface area contributed by atoms with Gasteiger partial charge in [-0.3, -0.25) is 4.79 Å². The van der Waals surface area contributed by atoms with Crippen LogP contribution < -0.4 is 11.1 Å². The van der Waals surface area contributed by atoms with E-state index in [2.05, 4.69) is 24.1 Å². The lowest BCUT2D eigenvalue weighted by Crippen LogP contribution is -2.28. The molecule has 2 aliphatic rings. The van der Waals surface area contributed by atoms with Gasteiger partial charge in [0.05, 0.1) is 5.69 Å². The normalized spacial score (nSPS) is 24.6. The number of hydrogen-bond donors (Lipinski definition) is 2. The molecule has 23 heavy (non-hydrogen) atoms. The first-order valence-electron chi connectivity index (χ1n) is 8.12. The van der Waals surface area contributed by atoms with Gasteiger partial charge in [-0.1, -0.05) is 13.8 Å². The van der Waals surface area contributed by atoms with E-state index < -0.39 is 11.8 Å². The van der Waals surface area contributed by atoms with Gasteiger partial charge < -0.3 is 11.1 Å². The second-order valence-corrected chi connectivity index (χ2v) is 7.42. The summed E-state index contributed by atoms with van der Waals surface area (Å²) in [4.78, 5) is 16.0. The Morgan fingerprint density at radius 3 is 2.78 bits per heavy atom. The Kier molecular flexibility index (Phi) is 3.91. The minimum atomic E-state index is -2.56. The Balaban J connectivity index is 1.83. The molecular formula is C17H23F2N3O. The molecule has 2 aliphatic carbocycles. The highest BCUT2D eigenvalue weighted by Gasteiger charge is 2.39. The zero-order valence-corrected chi connectivity index (χ0v) is 13.6. The molecule has 0 spiro atoms. The number of nitrogens with one attached hydrogen (secondary N) is 1. The van der Waals surface area contributed by atoms with Gasteiger partial charge in [0.2, 0.25) is 5.92 Å². The predicted molar refractivity (Wildman–Crippen MR) is 83.5 cm³/mol. The molecule has 0 radical (unpaired) electrons. The molecule has 1 atom stereocenters. The maximum Gasteiger partial charge on any atom is 0.267 e. The SMILES string of the molecule is CC1(C)CCc2c(CN[C@@H]3CCC(F)(F)C3)cc(C(N)=O)nc21. The van der Waals surface area contributed by atoms with Crippen molar-refractivity contribution in [2.45, 2.75) is 69.9 Å². The van der Waals surface area contributed by atoms with E-state index in [4.69, 9.17) is 5.73 Å². The number of amides is 1. The minimum absolute atomic E-state index is 0.0569. The van der Waals surface area contributed by atoms with Crippen molar-refractivity contribution in [3.63, 3.8) is 0 Å². The molecule has 126 valence electrons. The van der Waals surface area contributed by atoms with Crippen molar-refractivity contribution in [1.29, 1.82) is 0 Å². The number of carbonyl (C=O) groups is 1. The van der Waals surface area contributed by atoms with Crippen molar-refractivity contribution in [3.05, 3.63) is 28.6 Å². The predicted octanol–water partition coefficient (Wildman–Crippen LogP) is 2.68. The molecule has 0 aliphatic heterocycles. The number of fused-ring (bicyclic) bond motifs is 1. The molecule has 0 bridgehead atoms. The van der Waals surface area contributed by atoms with Crippen LogP contribution >= 0.6 is 0 Å². The lowest BCUT2D eigenvalue weighted by molar-refractivity contribution is 0.00687. The van der Waals surface area contributed by atoms with Crippen LogP contribution in [-0.2, 0) is 18.4 Å². The number of primary amides is 1. The molecular weight excluding hydrogens is 300 g/mol. The average Bonchev–Trinajstić information content (AvgIpc) is 2.96. The van der Waals surface area contributed by atoms with Crippen LogP contribution in [0, 0.1) is 0 Å². The molecule has 1 amide bonds. The summed E-state index contributed by atoms with van der Waals surface area (Å²) in [5, 5.41) is 3.22. The molecule has 3 N–H and O–H groups in total. The summed E-state index contributed by atoms with van der Waals surface area (Å²) in [6.45, 7) is 4.68. The Morgan fingerprint density at radius 1 is 1.43 bits per heavy atom. The number of rotatable bonds is 4. The number of halogens is 2. The van der Waals surface area contributed by atoms with Gasteiger partial charge in [-0.25, -0.2) is 13.8 Å². The summed E-state index contributed by atoms with van der Waals surface area (Å²) in [5.74, 6) is -3.11. The number of alkyl halides is 2. The second-order valence-electron chi connectivity index (χ2n) is 7.42. The molecule has 4 nitrogen and oxygen atoms in total. The van der Waals surface area contributed by atoms with Gasteiger partial charge in [-0.05, 0) is 36.5 Å². The van der Waals surface area contributed by atoms with E-state index in [9.17, 15) is 13.6 Å². The van der Waals surface area contributed by atoms with E-state index in [1.54, 1.807) is 6.07 Å². The summed E-state index contributed by atoms with van der Waals surface area (Å²) in [5.41, 5.74) is 8.59. The van der Waals surface area contributed by atoms with E-state index in [1.807, 2.05) is 0 Å². The number of hydrogen-bond acceptors (Lipinski definition) is 3. The fraction of sp³-hybridized carbons (Fsp3) is 0.647. The van der Waals surface area contributed by atoms with Crippen LogP contribution in [0.2, 0.25) is 0 Å². The smallest absolute Gasteiger partial charge is 0.267 e. The number of nitrogens with two attached hydrogens (primary N) is 1. The lowest BCUT2D eigenvalue weighted by Gasteiger charge is -2.20. The molecule has 1 fully saturated rings. The van der Waals surface area contributed by atoms with Crippen LogP contribution in [0.5, 0.6) is 0 Å². The maximum atomic E-state index is 13.3. The molecule has 1 heterocycles. The molecule has 1 aromatic rings. The highest BCUT2D eigenvalue weighted by atomic mass is 19.3. The third-order valence-corrected chi connectivity index (χ3v) is 5.09. The first-order valence-corrected chi connectivity index (χ1v) is 8.12. The Labute approximate surface area is 134 Å². The molecule has 0 saturated heterocycles. The summed E-state index contributed by atoms with van der Waals surface area (Å²) < 4.78 is 26.6. The second kappa shape index (κ2) is 5.51. The van der Waals surface area contributed by atoms with Gasteiger partial charge in [0, 0.05) is 30.8 Å². The lowest BCUT2D eigenvalue weighted by atomic mass is 9.90. The van der Waals surface area contributed by atoms with Crippen LogP contribution in [0.15, 0.2) is 6.07 Å². The van der Waals surface area contributed by atoms with E-state index in [1.165, 1.54) is 0 Å². The van der Waals surface area contributed by atoms with Crippen molar-refractivity contribution in [2.24, 2.45) is 5.73 Å². The summed E-state index contributed by atoms with van der Waals surface area (Å²) in [7, 11) is 0. The monoisotopic (exact) mass is 323 g/mol. The van der Waals surface area contributed by atoms with Gasteiger partial charge in [-0.2, -0.15) is 0 Å². The van der Waals surface area contributed by atoms with Crippen LogP contribution in [0.25, 0.3) is 0 Å². The van der Waals surface area contributed by atoms with Crippen LogP contribution in [0.1, 0.15) is 66.8 Å². The third kappa shape index (κ3) is 3.22. The molecule has 0 aromatic carbocycles. The first-order chi connectivity index (χ1) is 10.7. The molecule has 0 unspecified atom stereocenters. The largest absolute Gasteiger partial charge is 0.364 e. The molecule has 3 rings (SSSR count). The van der Waals surface area contributed by atoms with Crippen molar-refractivity contribution in [3.8, 4) is 0 Å².